The normalized spacial score (nSPS) is 10.7. The summed E-state index contributed by atoms with van der Waals surface area (Å²) in [5.74, 6) is 2.38. The van der Waals surface area contributed by atoms with E-state index in [1.807, 2.05) is 19.1 Å². The van der Waals surface area contributed by atoms with Gasteiger partial charge in [-0.3, -0.25) is 4.79 Å². The maximum atomic E-state index is 12.0. The molecule has 1 amide bonds. The van der Waals surface area contributed by atoms with Gasteiger partial charge in [0.15, 0.2) is 0 Å². The molecular weight excluding hydrogens is 266 g/mol. The summed E-state index contributed by atoms with van der Waals surface area (Å²) in [6.45, 7) is 5.47. The third kappa shape index (κ3) is 2.86. The zero-order valence-electron chi connectivity index (χ0n) is 9.60. The summed E-state index contributed by atoms with van der Waals surface area (Å²) in [6.07, 6.45) is 5.33. The second-order valence-electron chi connectivity index (χ2n) is 4.14. The summed E-state index contributed by atoms with van der Waals surface area (Å²) < 4.78 is 0.915. The largest absolute Gasteiger partial charge is 0.336 e. The first-order valence-corrected chi connectivity index (χ1v) is 5.72. The maximum Gasteiger partial charge on any atom is 0.252 e. The van der Waals surface area contributed by atoms with Crippen LogP contribution < -0.4 is 5.32 Å². The highest BCUT2D eigenvalue weighted by Crippen LogP contribution is 2.19. The third-order valence-corrected chi connectivity index (χ3v) is 3.16. The molecule has 3 heteroatoms. The number of hydrogen-bond acceptors (Lipinski definition) is 1. The number of amides is 1. The van der Waals surface area contributed by atoms with Gasteiger partial charge in [-0.15, -0.1) is 6.42 Å². The number of benzene rings is 1. The Bertz CT molecular complexity index is 457. The van der Waals surface area contributed by atoms with Gasteiger partial charge in [-0.05, 0) is 38.5 Å². The topological polar surface area (TPSA) is 29.1 Å². The van der Waals surface area contributed by atoms with Crippen molar-refractivity contribution in [1.82, 2.24) is 5.32 Å². The second kappa shape index (κ2) is 4.71. The van der Waals surface area contributed by atoms with E-state index in [0.717, 1.165) is 10.0 Å². The number of nitrogens with one attached hydrogen (secondary N) is 1. The fourth-order valence-electron chi connectivity index (χ4n) is 1.24. The molecule has 84 valence electrons. The predicted molar refractivity (Wildman–Crippen MR) is 69.3 cm³/mol. The number of carbonyl (C=O) groups excluding carboxylic acids is 1. The summed E-state index contributed by atoms with van der Waals surface area (Å²) in [6, 6.07) is 5.51. The van der Waals surface area contributed by atoms with E-state index in [4.69, 9.17) is 6.42 Å². The molecule has 0 aliphatic carbocycles. The van der Waals surface area contributed by atoms with Crippen LogP contribution in [0, 0.1) is 19.3 Å². The molecule has 1 aromatic rings. The van der Waals surface area contributed by atoms with E-state index in [1.54, 1.807) is 19.9 Å². The monoisotopic (exact) mass is 279 g/mol. The van der Waals surface area contributed by atoms with E-state index in [9.17, 15) is 4.79 Å². The zero-order valence-corrected chi connectivity index (χ0v) is 11.2. The van der Waals surface area contributed by atoms with Gasteiger partial charge in [0.2, 0.25) is 0 Å². The smallest absolute Gasteiger partial charge is 0.252 e. The van der Waals surface area contributed by atoms with Crippen LogP contribution in [0.2, 0.25) is 0 Å². The summed E-state index contributed by atoms with van der Waals surface area (Å²) in [5, 5.41) is 2.79. The number of rotatable bonds is 2. The van der Waals surface area contributed by atoms with Crippen LogP contribution in [0.3, 0.4) is 0 Å². The Kier molecular flexibility index (Phi) is 3.77. The molecule has 0 aromatic heterocycles. The maximum absolute atomic E-state index is 12.0. The van der Waals surface area contributed by atoms with Crippen molar-refractivity contribution in [1.29, 1.82) is 0 Å². The van der Waals surface area contributed by atoms with Gasteiger partial charge in [0.25, 0.3) is 5.91 Å². The van der Waals surface area contributed by atoms with E-state index in [2.05, 4.69) is 27.2 Å². The fourth-order valence-corrected chi connectivity index (χ4v) is 1.61. The lowest BCUT2D eigenvalue weighted by Gasteiger charge is -2.20. The minimum Gasteiger partial charge on any atom is -0.336 e. The molecule has 1 aromatic carbocycles. The molecule has 2 nitrogen and oxygen atoms in total. The average Bonchev–Trinajstić information content (AvgIpc) is 2.21. The van der Waals surface area contributed by atoms with Crippen molar-refractivity contribution in [3.8, 4) is 12.3 Å². The van der Waals surface area contributed by atoms with Gasteiger partial charge in [0.1, 0.15) is 0 Å². The van der Waals surface area contributed by atoms with Crippen molar-refractivity contribution >= 4 is 21.8 Å². The predicted octanol–water partition coefficient (Wildman–Crippen LogP) is 2.90. The minimum absolute atomic E-state index is 0.151. The summed E-state index contributed by atoms with van der Waals surface area (Å²) in [7, 11) is 0. The lowest BCUT2D eigenvalue weighted by Crippen LogP contribution is -2.42. The Morgan fingerprint density at radius 3 is 2.69 bits per heavy atom. The van der Waals surface area contributed by atoms with Crippen LogP contribution in [-0.4, -0.2) is 11.4 Å². The van der Waals surface area contributed by atoms with Crippen molar-refractivity contribution in [3.63, 3.8) is 0 Å². The lowest BCUT2D eigenvalue weighted by molar-refractivity contribution is 0.0929. The van der Waals surface area contributed by atoms with Crippen LogP contribution in [0.4, 0.5) is 0 Å². The molecule has 0 aliphatic heterocycles. The molecule has 0 saturated carbocycles. The van der Waals surface area contributed by atoms with E-state index in [-0.39, 0.29) is 5.91 Å². The van der Waals surface area contributed by atoms with E-state index in [0.29, 0.717) is 5.56 Å². The number of halogens is 1. The van der Waals surface area contributed by atoms with Crippen LogP contribution in [0.15, 0.2) is 22.7 Å². The highest BCUT2D eigenvalue weighted by atomic mass is 79.9. The van der Waals surface area contributed by atoms with Crippen molar-refractivity contribution in [2.75, 3.05) is 0 Å². The first kappa shape index (κ1) is 12.8. The molecule has 0 atom stereocenters. The zero-order chi connectivity index (χ0) is 12.3. The summed E-state index contributed by atoms with van der Waals surface area (Å²) in [5.41, 5.74) is 0.914. The molecule has 0 fully saturated rings. The quantitative estimate of drug-likeness (QED) is 0.829. The summed E-state index contributed by atoms with van der Waals surface area (Å²) in [4.78, 5) is 12.0. The Morgan fingerprint density at radius 1 is 1.50 bits per heavy atom. The van der Waals surface area contributed by atoms with Crippen LogP contribution in [-0.2, 0) is 0 Å². The van der Waals surface area contributed by atoms with Gasteiger partial charge in [-0.2, -0.15) is 0 Å². The van der Waals surface area contributed by atoms with E-state index >= 15 is 0 Å². The van der Waals surface area contributed by atoms with Gasteiger partial charge in [-0.25, -0.2) is 0 Å². The van der Waals surface area contributed by atoms with Crippen LogP contribution in [0.25, 0.3) is 0 Å². The molecular formula is C13H14BrNO. The molecule has 1 N–H and O–H groups in total. The minimum atomic E-state index is -0.633. The van der Waals surface area contributed by atoms with Gasteiger partial charge in [-0.1, -0.05) is 27.9 Å². The van der Waals surface area contributed by atoms with Crippen LogP contribution in [0.1, 0.15) is 29.8 Å². The Morgan fingerprint density at radius 2 is 2.12 bits per heavy atom. The molecule has 0 unspecified atom stereocenters. The number of carbonyl (C=O) groups is 1. The molecule has 0 bridgehead atoms. The van der Waals surface area contributed by atoms with Crippen molar-refractivity contribution < 1.29 is 4.79 Å². The number of terminal acetylenes is 1. The van der Waals surface area contributed by atoms with Crippen molar-refractivity contribution in [2.24, 2.45) is 0 Å². The van der Waals surface area contributed by atoms with Gasteiger partial charge < -0.3 is 5.32 Å². The first-order chi connectivity index (χ1) is 7.37. The Hall–Kier alpha value is -1.27. The first-order valence-electron chi connectivity index (χ1n) is 4.93. The van der Waals surface area contributed by atoms with Gasteiger partial charge >= 0.3 is 0 Å². The van der Waals surface area contributed by atoms with E-state index in [1.165, 1.54) is 0 Å². The van der Waals surface area contributed by atoms with E-state index < -0.39 is 5.54 Å². The van der Waals surface area contributed by atoms with Crippen molar-refractivity contribution in [2.45, 2.75) is 26.3 Å². The summed E-state index contributed by atoms with van der Waals surface area (Å²) >= 11 is 3.39. The third-order valence-electron chi connectivity index (χ3n) is 2.30. The highest BCUT2D eigenvalue weighted by Gasteiger charge is 2.19. The lowest BCUT2D eigenvalue weighted by atomic mass is 10.0. The second-order valence-corrected chi connectivity index (χ2v) is 4.99. The van der Waals surface area contributed by atoms with Crippen molar-refractivity contribution in [3.05, 3.63) is 33.8 Å². The molecule has 1 rings (SSSR count). The molecule has 0 spiro atoms. The molecule has 16 heavy (non-hydrogen) atoms. The molecule has 0 aliphatic rings. The molecule has 0 saturated heterocycles. The number of hydrogen-bond donors (Lipinski definition) is 1. The highest BCUT2D eigenvalue weighted by molar-refractivity contribution is 9.10. The average molecular weight is 280 g/mol. The standard InChI is InChI=1S/C13H14BrNO/c1-5-13(3,4)15-12(16)10-7-6-8-11(14)9(10)2/h1,6-8H,2-4H3,(H,15,16). The Labute approximate surface area is 105 Å². The van der Waals surface area contributed by atoms with Gasteiger partial charge in [0, 0.05) is 10.0 Å². The van der Waals surface area contributed by atoms with Crippen LogP contribution >= 0.6 is 15.9 Å². The Balaban J connectivity index is 2.99. The van der Waals surface area contributed by atoms with Gasteiger partial charge in [0.05, 0.1) is 5.54 Å². The molecule has 0 heterocycles. The SMILES string of the molecule is C#CC(C)(C)NC(=O)c1cccc(Br)c1C. The molecule has 0 radical (unpaired) electrons. The van der Waals surface area contributed by atoms with Crippen LogP contribution in [0.5, 0.6) is 0 Å². The fraction of sp³-hybridized carbons (Fsp3) is 0.308.